The van der Waals surface area contributed by atoms with Gasteiger partial charge in [0.1, 0.15) is 11.5 Å². The molecule has 1 amide bonds. The monoisotopic (exact) mass is 373 g/mol. The molecule has 1 heterocycles. The fourth-order valence-corrected chi connectivity index (χ4v) is 2.95. The van der Waals surface area contributed by atoms with Crippen LogP contribution in [0.1, 0.15) is 16.8 Å². The third-order valence-corrected chi connectivity index (χ3v) is 4.38. The molecule has 3 rings (SSSR count). The maximum atomic E-state index is 12.6. The number of guanidine groups is 1. The number of methoxy groups -OCH3 is 2. The van der Waals surface area contributed by atoms with E-state index in [0.717, 1.165) is 18.7 Å². The number of carbonyl (C=O) groups excluding carboxylic acids is 1. The van der Waals surface area contributed by atoms with Crippen molar-refractivity contribution >= 4 is 29.2 Å². The molecule has 0 bridgehead atoms. The number of ether oxygens (including phenoxy) is 2. The average Bonchev–Trinajstić information content (AvgIpc) is 2.68. The molecule has 2 aromatic rings. The SMILES string of the molecule is COc1ccc(C(=O)NC2=NCCCN2c2ccc(OC)c(Cl)c2)cc1. The van der Waals surface area contributed by atoms with Crippen molar-refractivity contribution in [2.45, 2.75) is 6.42 Å². The molecule has 6 nitrogen and oxygen atoms in total. The smallest absolute Gasteiger partial charge is 0.257 e. The Morgan fingerprint density at radius 2 is 1.92 bits per heavy atom. The summed E-state index contributed by atoms with van der Waals surface area (Å²) in [7, 11) is 3.16. The number of amides is 1. The highest BCUT2D eigenvalue weighted by molar-refractivity contribution is 6.32. The van der Waals surface area contributed by atoms with Gasteiger partial charge in [0.2, 0.25) is 5.96 Å². The molecule has 0 radical (unpaired) electrons. The Balaban J connectivity index is 1.79. The first-order valence-electron chi connectivity index (χ1n) is 8.23. The first-order valence-corrected chi connectivity index (χ1v) is 8.61. The molecule has 0 aliphatic carbocycles. The average molecular weight is 374 g/mol. The topological polar surface area (TPSA) is 63.2 Å². The van der Waals surface area contributed by atoms with E-state index in [-0.39, 0.29) is 5.91 Å². The number of rotatable bonds is 4. The van der Waals surface area contributed by atoms with Gasteiger partial charge < -0.3 is 14.4 Å². The fourth-order valence-electron chi connectivity index (χ4n) is 2.70. The van der Waals surface area contributed by atoms with Gasteiger partial charge in [-0.2, -0.15) is 0 Å². The van der Waals surface area contributed by atoms with E-state index in [0.29, 0.717) is 34.6 Å². The summed E-state index contributed by atoms with van der Waals surface area (Å²) < 4.78 is 10.3. The van der Waals surface area contributed by atoms with Gasteiger partial charge in [0.25, 0.3) is 5.91 Å². The minimum atomic E-state index is -0.224. The molecular formula is C19H20ClN3O3. The number of nitrogens with one attached hydrogen (secondary N) is 1. The molecule has 1 aliphatic heterocycles. The predicted molar refractivity (Wildman–Crippen MR) is 103 cm³/mol. The molecule has 0 unspecified atom stereocenters. The van der Waals surface area contributed by atoms with Crippen molar-refractivity contribution in [2.24, 2.45) is 4.99 Å². The lowest BCUT2D eigenvalue weighted by molar-refractivity contribution is 0.0976. The largest absolute Gasteiger partial charge is 0.497 e. The van der Waals surface area contributed by atoms with Crippen molar-refractivity contribution in [3.05, 3.63) is 53.1 Å². The van der Waals surface area contributed by atoms with Crippen LogP contribution < -0.4 is 19.7 Å². The maximum Gasteiger partial charge on any atom is 0.257 e. The molecule has 0 saturated carbocycles. The van der Waals surface area contributed by atoms with Crippen LogP contribution in [0.5, 0.6) is 11.5 Å². The van der Waals surface area contributed by atoms with Gasteiger partial charge >= 0.3 is 0 Å². The number of halogens is 1. The lowest BCUT2D eigenvalue weighted by atomic mass is 10.2. The quantitative estimate of drug-likeness (QED) is 0.892. The van der Waals surface area contributed by atoms with E-state index in [9.17, 15) is 4.79 Å². The van der Waals surface area contributed by atoms with Crippen molar-refractivity contribution < 1.29 is 14.3 Å². The highest BCUT2D eigenvalue weighted by Gasteiger charge is 2.21. The van der Waals surface area contributed by atoms with Gasteiger partial charge in [-0.1, -0.05) is 11.6 Å². The van der Waals surface area contributed by atoms with Crippen LogP contribution in [0, 0.1) is 0 Å². The molecule has 0 aromatic heterocycles. The molecule has 0 atom stereocenters. The molecule has 0 saturated heterocycles. The van der Waals surface area contributed by atoms with Gasteiger partial charge in [0.15, 0.2) is 0 Å². The second-order valence-electron chi connectivity index (χ2n) is 5.71. The van der Waals surface area contributed by atoms with Crippen molar-refractivity contribution in [2.75, 3.05) is 32.2 Å². The highest BCUT2D eigenvalue weighted by atomic mass is 35.5. The summed E-state index contributed by atoms with van der Waals surface area (Å²) in [5, 5.41) is 3.40. The Bertz CT molecular complexity index is 821. The van der Waals surface area contributed by atoms with Crippen LogP contribution >= 0.6 is 11.6 Å². The molecule has 1 aliphatic rings. The van der Waals surface area contributed by atoms with E-state index in [1.807, 2.05) is 11.0 Å². The number of aliphatic imine (C=N–C) groups is 1. The van der Waals surface area contributed by atoms with Crippen LogP contribution in [0.3, 0.4) is 0 Å². The second-order valence-corrected chi connectivity index (χ2v) is 6.12. The lowest BCUT2D eigenvalue weighted by Crippen LogP contribution is -2.47. The zero-order valence-corrected chi connectivity index (χ0v) is 15.4. The molecule has 26 heavy (non-hydrogen) atoms. The van der Waals surface area contributed by atoms with E-state index in [1.165, 1.54) is 0 Å². The van der Waals surface area contributed by atoms with Crippen molar-refractivity contribution in [1.29, 1.82) is 0 Å². The molecule has 1 N–H and O–H groups in total. The normalized spacial score (nSPS) is 13.8. The van der Waals surface area contributed by atoms with Crippen LogP contribution in [0.4, 0.5) is 5.69 Å². The molecule has 136 valence electrons. The summed E-state index contributed by atoms with van der Waals surface area (Å²) in [4.78, 5) is 19.0. The van der Waals surface area contributed by atoms with Crippen LogP contribution in [0.25, 0.3) is 0 Å². The first kappa shape index (κ1) is 18.1. The summed E-state index contributed by atoms with van der Waals surface area (Å²) in [5.41, 5.74) is 1.39. The zero-order valence-electron chi connectivity index (χ0n) is 14.7. The van der Waals surface area contributed by atoms with Crippen molar-refractivity contribution in [3.8, 4) is 11.5 Å². The summed E-state index contributed by atoms with van der Waals surface area (Å²) in [6, 6.07) is 12.4. The Hall–Kier alpha value is -2.73. The van der Waals surface area contributed by atoms with Gasteiger partial charge in [0, 0.05) is 24.3 Å². The number of nitrogens with zero attached hydrogens (tertiary/aromatic N) is 2. The zero-order chi connectivity index (χ0) is 18.5. The first-order chi connectivity index (χ1) is 12.6. The molecular weight excluding hydrogens is 354 g/mol. The van der Waals surface area contributed by atoms with Crippen LogP contribution in [0.15, 0.2) is 47.5 Å². The second kappa shape index (κ2) is 8.10. The van der Waals surface area contributed by atoms with Gasteiger partial charge in [-0.3, -0.25) is 15.1 Å². The summed E-state index contributed by atoms with van der Waals surface area (Å²) in [6.45, 7) is 1.41. The Kier molecular flexibility index (Phi) is 5.63. The van der Waals surface area contributed by atoms with Gasteiger partial charge in [-0.05, 0) is 48.9 Å². The number of benzene rings is 2. The third kappa shape index (κ3) is 3.91. The predicted octanol–water partition coefficient (Wildman–Crippen LogP) is 3.35. The molecule has 7 heteroatoms. The van der Waals surface area contributed by atoms with E-state index in [1.54, 1.807) is 50.6 Å². The van der Waals surface area contributed by atoms with Crippen molar-refractivity contribution in [1.82, 2.24) is 5.32 Å². The standard InChI is InChI=1S/C19H20ClN3O3/c1-25-15-7-4-13(5-8-15)18(24)22-19-21-10-3-11-23(19)14-6-9-17(26-2)16(20)12-14/h4-9,12H,3,10-11H2,1-2H3,(H,21,22,24). The summed E-state index contributed by atoms with van der Waals surface area (Å²) in [6.07, 6.45) is 0.894. The number of carbonyl (C=O) groups is 1. The molecule has 2 aromatic carbocycles. The van der Waals surface area contributed by atoms with Gasteiger partial charge in [0.05, 0.1) is 19.2 Å². The summed E-state index contributed by atoms with van der Waals surface area (Å²) in [5.74, 6) is 1.59. The van der Waals surface area contributed by atoms with Crippen molar-refractivity contribution in [3.63, 3.8) is 0 Å². The van der Waals surface area contributed by atoms with Gasteiger partial charge in [-0.25, -0.2) is 0 Å². The van der Waals surface area contributed by atoms with E-state index >= 15 is 0 Å². The molecule has 0 fully saturated rings. The lowest BCUT2D eigenvalue weighted by Gasteiger charge is -2.29. The fraction of sp³-hybridized carbons (Fsp3) is 0.263. The summed E-state index contributed by atoms with van der Waals surface area (Å²) >= 11 is 6.24. The Labute approximate surface area is 157 Å². The van der Waals surface area contributed by atoms with E-state index in [2.05, 4.69) is 10.3 Å². The number of hydrogen-bond donors (Lipinski definition) is 1. The maximum absolute atomic E-state index is 12.6. The third-order valence-electron chi connectivity index (χ3n) is 4.08. The van der Waals surface area contributed by atoms with Gasteiger partial charge in [-0.15, -0.1) is 0 Å². The highest BCUT2D eigenvalue weighted by Crippen LogP contribution is 2.29. The van der Waals surface area contributed by atoms with Crippen LogP contribution in [0.2, 0.25) is 5.02 Å². The molecule has 0 spiro atoms. The number of hydrogen-bond acceptors (Lipinski definition) is 5. The van der Waals surface area contributed by atoms with E-state index < -0.39 is 0 Å². The Morgan fingerprint density at radius 1 is 1.15 bits per heavy atom. The van der Waals surface area contributed by atoms with Crippen LogP contribution in [-0.4, -0.2) is 39.2 Å². The number of anilines is 1. The minimum absolute atomic E-state index is 0.224. The minimum Gasteiger partial charge on any atom is -0.497 e. The van der Waals surface area contributed by atoms with E-state index in [4.69, 9.17) is 21.1 Å². The Morgan fingerprint density at radius 3 is 2.58 bits per heavy atom. The van der Waals surface area contributed by atoms with Crippen LogP contribution in [-0.2, 0) is 0 Å².